The Labute approximate surface area is 164 Å². The molecule has 1 nitrogen and oxygen atoms in total. The zero-order valence-electron chi connectivity index (χ0n) is 13.4. The van der Waals surface area contributed by atoms with Gasteiger partial charge in [0.05, 0.1) is 15.7 Å². The first-order valence-corrected chi connectivity index (χ1v) is 9.51. The molecule has 0 radical (unpaired) electrons. The van der Waals surface area contributed by atoms with Gasteiger partial charge in [0, 0.05) is 22.1 Å². The lowest BCUT2D eigenvalue weighted by Gasteiger charge is -2.04. The predicted molar refractivity (Wildman–Crippen MR) is 108 cm³/mol. The van der Waals surface area contributed by atoms with E-state index in [-0.39, 0.29) is 5.82 Å². The van der Waals surface area contributed by atoms with Crippen molar-refractivity contribution in [1.29, 1.82) is 0 Å². The van der Waals surface area contributed by atoms with Crippen LogP contribution in [0.15, 0.2) is 72.1 Å². The minimum atomic E-state index is -0.226. The van der Waals surface area contributed by atoms with Crippen molar-refractivity contribution in [3.05, 3.63) is 88.0 Å². The highest BCUT2D eigenvalue weighted by Crippen LogP contribution is 2.33. The van der Waals surface area contributed by atoms with E-state index in [2.05, 4.69) is 4.98 Å². The Morgan fingerprint density at radius 2 is 1.46 bits per heavy atom. The lowest BCUT2D eigenvalue weighted by atomic mass is 10.0. The van der Waals surface area contributed by atoms with Gasteiger partial charge in [0.15, 0.2) is 0 Å². The molecule has 0 atom stereocenters. The van der Waals surface area contributed by atoms with Gasteiger partial charge in [0.1, 0.15) is 10.8 Å². The summed E-state index contributed by atoms with van der Waals surface area (Å²) in [5.41, 5.74) is 4.19. The summed E-state index contributed by atoms with van der Waals surface area (Å²) in [4.78, 5) is 4.68. The molecule has 5 heteroatoms. The van der Waals surface area contributed by atoms with Crippen LogP contribution in [0.25, 0.3) is 33.0 Å². The van der Waals surface area contributed by atoms with Crippen molar-refractivity contribution in [2.75, 3.05) is 0 Å². The first-order valence-electron chi connectivity index (χ1n) is 7.88. The molecule has 0 fully saturated rings. The third-order valence-corrected chi connectivity index (χ3v) is 5.67. The zero-order valence-corrected chi connectivity index (χ0v) is 15.7. The second kappa shape index (κ2) is 7.20. The van der Waals surface area contributed by atoms with Crippen molar-refractivity contribution in [3.8, 4) is 33.0 Å². The lowest BCUT2D eigenvalue weighted by molar-refractivity contribution is 0.631. The summed E-state index contributed by atoms with van der Waals surface area (Å²) >= 11 is 13.6. The molecule has 0 saturated heterocycles. The monoisotopic (exact) mass is 399 g/mol. The van der Waals surface area contributed by atoms with E-state index < -0.39 is 0 Å². The summed E-state index contributed by atoms with van der Waals surface area (Å²) in [6.07, 6.45) is 0. The summed E-state index contributed by atoms with van der Waals surface area (Å²) in [5, 5.41) is 3.91. The minimum Gasteiger partial charge on any atom is -0.236 e. The molecule has 0 aliphatic carbocycles. The highest BCUT2D eigenvalue weighted by atomic mass is 35.5. The van der Waals surface area contributed by atoms with Gasteiger partial charge in [-0.05, 0) is 23.8 Å². The summed E-state index contributed by atoms with van der Waals surface area (Å²) in [6.45, 7) is 0. The molecule has 26 heavy (non-hydrogen) atoms. The molecule has 1 heterocycles. The van der Waals surface area contributed by atoms with E-state index in [1.807, 2.05) is 47.8 Å². The second-order valence-electron chi connectivity index (χ2n) is 5.72. The van der Waals surface area contributed by atoms with Gasteiger partial charge >= 0.3 is 0 Å². The molecular weight excluding hydrogens is 388 g/mol. The van der Waals surface area contributed by atoms with Gasteiger partial charge in [-0.3, -0.25) is 0 Å². The average molecular weight is 400 g/mol. The van der Waals surface area contributed by atoms with Crippen molar-refractivity contribution in [2.45, 2.75) is 0 Å². The fraction of sp³-hybridized carbons (Fsp3) is 0. The number of thiazole rings is 1. The zero-order chi connectivity index (χ0) is 18.1. The Kier molecular flexibility index (Phi) is 4.77. The topological polar surface area (TPSA) is 12.9 Å². The van der Waals surface area contributed by atoms with Crippen LogP contribution in [0.3, 0.4) is 0 Å². The van der Waals surface area contributed by atoms with Crippen LogP contribution in [0.2, 0.25) is 10.0 Å². The molecule has 0 spiro atoms. The Bertz CT molecular complexity index is 1070. The van der Waals surface area contributed by atoms with Crippen molar-refractivity contribution < 1.29 is 4.39 Å². The molecule has 4 rings (SSSR count). The fourth-order valence-electron chi connectivity index (χ4n) is 2.68. The quantitative estimate of drug-likeness (QED) is 0.345. The van der Waals surface area contributed by atoms with E-state index in [0.717, 1.165) is 27.4 Å². The van der Waals surface area contributed by atoms with Crippen LogP contribution in [0.5, 0.6) is 0 Å². The number of hydrogen-bond acceptors (Lipinski definition) is 2. The molecule has 0 unspecified atom stereocenters. The minimum absolute atomic E-state index is 0.226. The summed E-state index contributed by atoms with van der Waals surface area (Å²) in [6, 6.07) is 20.0. The highest BCUT2D eigenvalue weighted by molar-refractivity contribution is 7.13. The molecule has 0 bridgehead atoms. The van der Waals surface area contributed by atoms with Crippen LogP contribution < -0.4 is 0 Å². The van der Waals surface area contributed by atoms with Gasteiger partial charge in [-0.15, -0.1) is 11.3 Å². The molecule has 1 aromatic heterocycles. The lowest BCUT2D eigenvalue weighted by Crippen LogP contribution is -1.84. The van der Waals surface area contributed by atoms with Gasteiger partial charge in [0.2, 0.25) is 0 Å². The van der Waals surface area contributed by atoms with Gasteiger partial charge in [-0.1, -0.05) is 71.7 Å². The second-order valence-corrected chi connectivity index (χ2v) is 7.40. The van der Waals surface area contributed by atoms with Gasteiger partial charge in [0.25, 0.3) is 0 Å². The highest BCUT2D eigenvalue weighted by Gasteiger charge is 2.09. The van der Waals surface area contributed by atoms with Crippen LogP contribution in [0.1, 0.15) is 0 Å². The van der Waals surface area contributed by atoms with Crippen LogP contribution in [0, 0.1) is 5.82 Å². The van der Waals surface area contributed by atoms with Crippen molar-refractivity contribution in [2.24, 2.45) is 0 Å². The number of hydrogen-bond donors (Lipinski definition) is 0. The third kappa shape index (κ3) is 3.38. The predicted octanol–water partition coefficient (Wildman–Crippen LogP) is 7.59. The first-order chi connectivity index (χ1) is 12.6. The van der Waals surface area contributed by atoms with Gasteiger partial charge in [-0.25, -0.2) is 9.37 Å². The van der Waals surface area contributed by atoms with Crippen molar-refractivity contribution >= 4 is 34.5 Å². The van der Waals surface area contributed by atoms with E-state index >= 15 is 0 Å². The van der Waals surface area contributed by atoms with Gasteiger partial charge < -0.3 is 0 Å². The van der Waals surface area contributed by atoms with E-state index in [1.54, 1.807) is 29.5 Å². The Morgan fingerprint density at radius 1 is 0.769 bits per heavy atom. The van der Waals surface area contributed by atoms with Crippen LogP contribution in [0.4, 0.5) is 4.39 Å². The summed E-state index contributed by atoms with van der Waals surface area (Å²) in [5.74, 6) is -0.226. The normalized spacial score (nSPS) is 10.9. The summed E-state index contributed by atoms with van der Waals surface area (Å²) in [7, 11) is 0. The average Bonchev–Trinajstić information content (AvgIpc) is 3.15. The molecule has 3 aromatic carbocycles. The van der Waals surface area contributed by atoms with Crippen LogP contribution >= 0.6 is 34.5 Å². The van der Waals surface area contributed by atoms with Crippen molar-refractivity contribution in [1.82, 2.24) is 4.98 Å². The maximum absolute atomic E-state index is 13.9. The molecule has 0 N–H and O–H groups in total. The van der Waals surface area contributed by atoms with E-state index in [0.29, 0.717) is 15.6 Å². The van der Waals surface area contributed by atoms with Crippen LogP contribution in [-0.4, -0.2) is 4.98 Å². The van der Waals surface area contributed by atoms with E-state index in [1.165, 1.54) is 6.07 Å². The molecule has 0 amide bonds. The standard InChI is InChI=1S/C21H12Cl2FNS/c22-17-10-9-15(11-18(17)23)20-12-26-21(25-20)14-7-5-13(6-8-14)16-3-1-2-4-19(16)24/h1-12H. The molecule has 128 valence electrons. The fourth-order valence-corrected chi connectivity index (χ4v) is 3.82. The number of benzene rings is 3. The third-order valence-electron chi connectivity index (χ3n) is 4.04. The molecule has 0 saturated carbocycles. The molecule has 4 aromatic rings. The van der Waals surface area contributed by atoms with Gasteiger partial charge in [-0.2, -0.15) is 0 Å². The summed E-state index contributed by atoms with van der Waals surface area (Å²) < 4.78 is 13.9. The van der Waals surface area contributed by atoms with Crippen LogP contribution in [-0.2, 0) is 0 Å². The smallest absolute Gasteiger partial charge is 0.131 e. The Hall–Kier alpha value is -2.20. The van der Waals surface area contributed by atoms with Crippen molar-refractivity contribution in [3.63, 3.8) is 0 Å². The molecule has 0 aliphatic heterocycles. The number of nitrogens with zero attached hydrogens (tertiary/aromatic N) is 1. The number of aromatic nitrogens is 1. The Morgan fingerprint density at radius 3 is 2.19 bits per heavy atom. The maximum atomic E-state index is 13.9. The van der Waals surface area contributed by atoms with E-state index in [4.69, 9.17) is 23.2 Å². The first kappa shape index (κ1) is 17.2. The number of rotatable bonds is 3. The SMILES string of the molecule is Fc1ccccc1-c1ccc(-c2nc(-c3ccc(Cl)c(Cl)c3)cs2)cc1. The molecule has 0 aliphatic rings. The number of halogens is 3. The van der Waals surface area contributed by atoms with E-state index in [9.17, 15) is 4.39 Å². The Balaban J connectivity index is 1.64. The molecular formula is C21H12Cl2FNS. The largest absolute Gasteiger partial charge is 0.236 e. The maximum Gasteiger partial charge on any atom is 0.131 e.